The first kappa shape index (κ1) is 18.9. The molecule has 0 unspecified atom stereocenters. The lowest BCUT2D eigenvalue weighted by Gasteiger charge is -2.10. The molecule has 1 aromatic heterocycles. The molecule has 1 aromatic carbocycles. The summed E-state index contributed by atoms with van der Waals surface area (Å²) in [5.41, 5.74) is 1.00. The Balaban J connectivity index is 2.51. The first-order valence-corrected chi connectivity index (χ1v) is 8.75. The third-order valence-corrected chi connectivity index (χ3v) is 4.63. The smallest absolute Gasteiger partial charge is 0.308 e. The number of rotatable bonds is 6. The Morgan fingerprint density at radius 2 is 1.84 bits per heavy atom. The molecule has 0 aliphatic carbocycles. The molecule has 0 fully saturated rings. The van der Waals surface area contributed by atoms with Gasteiger partial charge in [0.25, 0.3) is 0 Å². The van der Waals surface area contributed by atoms with Crippen LogP contribution in [0.3, 0.4) is 0 Å². The lowest BCUT2D eigenvalue weighted by atomic mass is 10.1. The third-order valence-electron chi connectivity index (χ3n) is 2.84. The standard InChI is InChI=1S/C16H14NO6S2/c1-8(18)22-11-5-4-10(6-12(11)23-9(2)19)15-13(7-14(20)21)25-16(17-15)24-3/h4-6H,3,7H2,1-2H3,(H,20,21). The number of benzene rings is 1. The summed E-state index contributed by atoms with van der Waals surface area (Å²) in [6.45, 7) is 2.45. The summed E-state index contributed by atoms with van der Waals surface area (Å²) in [5, 5.41) is 9.07. The topological polar surface area (TPSA) is 103 Å². The highest BCUT2D eigenvalue weighted by Gasteiger charge is 2.18. The Bertz CT molecular complexity index is 830. The molecule has 131 valence electrons. The number of aromatic nitrogens is 1. The number of thioether (sulfide) groups is 1. The van der Waals surface area contributed by atoms with Crippen LogP contribution in [0.2, 0.25) is 0 Å². The van der Waals surface area contributed by atoms with Crippen molar-refractivity contribution in [1.82, 2.24) is 4.98 Å². The minimum Gasteiger partial charge on any atom is -0.481 e. The molecule has 7 nitrogen and oxygen atoms in total. The van der Waals surface area contributed by atoms with Crippen molar-refractivity contribution in [3.05, 3.63) is 29.3 Å². The highest BCUT2D eigenvalue weighted by Crippen LogP contribution is 2.37. The summed E-state index contributed by atoms with van der Waals surface area (Å²) >= 11 is 2.39. The Morgan fingerprint density at radius 1 is 1.20 bits per heavy atom. The van der Waals surface area contributed by atoms with E-state index >= 15 is 0 Å². The van der Waals surface area contributed by atoms with E-state index in [-0.39, 0.29) is 17.9 Å². The van der Waals surface area contributed by atoms with Crippen molar-refractivity contribution in [3.8, 4) is 22.8 Å². The molecule has 1 N–H and O–H groups in total. The number of esters is 2. The van der Waals surface area contributed by atoms with Crippen LogP contribution in [-0.4, -0.2) is 28.0 Å². The Kier molecular flexibility index (Phi) is 6.16. The molecular formula is C16H14NO6S2. The predicted octanol–water partition coefficient (Wildman–Crippen LogP) is 3.17. The van der Waals surface area contributed by atoms with Crippen LogP contribution in [0.15, 0.2) is 22.5 Å². The SMILES string of the molecule is [CH2]Sc1nc(-c2ccc(OC(C)=O)c(OC(C)=O)c2)c(CC(=O)O)s1. The van der Waals surface area contributed by atoms with E-state index in [0.717, 1.165) is 11.8 Å². The average molecular weight is 380 g/mol. The van der Waals surface area contributed by atoms with E-state index in [2.05, 4.69) is 11.2 Å². The number of aliphatic carboxylic acids is 1. The number of thiazole rings is 1. The molecule has 0 spiro atoms. The summed E-state index contributed by atoms with van der Waals surface area (Å²) in [6.07, 6.45) is 3.48. The van der Waals surface area contributed by atoms with Gasteiger partial charge in [0.15, 0.2) is 15.8 Å². The monoisotopic (exact) mass is 380 g/mol. The van der Waals surface area contributed by atoms with Gasteiger partial charge in [0.1, 0.15) is 0 Å². The number of carboxylic acid groups (broad SMARTS) is 1. The van der Waals surface area contributed by atoms with Crippen LogP contribution in [0.5, 0.6) is 11.5 Å². The summed E-state index contributed by atoms with van der Waals surface area (Å²) in [7, 11) is 0. The van der Waals surface area contributed by atoms with Crippen molar-refractivity contribution in [3.63, 3.8) is 0 Å². The molecule has 0 saturated heterocycles. The second kappa shape index (κ2) is 8.13. The zero-order valence-corrected chi connectivity index (χ0v) is 15.0. The molecule has 0 aliphatic rings. The Labute approximate surface area is 152 Å². The third kappa shape index (κ3) is 5.04. The summed E-state index contributed by atoms with van der Waals surface area (Å²) < 4.78 is 10.7. The van der Waals surface area contributed by atoms with Crippen LogP contribution in [0, 0.1) is 6.26 Å². The van der Waals surface area contributed by atoms with Crippen molar-refractivity contribution in [2.45, 2.75) is 24.6 Å². The zero-order chi connectivity index (χ0) is 18.6. The van der Waals surface area contributed by atoms with Crippen molar-refractivity contribution < 1.29 is 29.0 Å². The molecule has 1 radical (unpaired) electrons. The summed E-state index contributed by atoms with van der Waals surface area (Å²) in [4.78, 5) is 38.5. The van der Waals surface area contributed by atoms with Crippen LogP contribution in [0.1, 0.15) is 18.7 Å². The van der Waals surface area contributed by atoms with Crippen molar-refractivity contribution >= 4 is 41.0 Å². The largest absolute Gasteiger partial charge is 0.481 e. The van der Waals surface area contributed by atoms with E-state index in [9.17, 15) is 14.4 Å². The van der Waals surface area contributed by atoms with Gasteiger partial charge in [0.2, 0.25) is 0 Å². The maximum Gasteiger partial charge on any atom is 0.308 e. The highest BCUT2D eigenvalue weighted by molar-refractivity contribution is 8.02. The number of nitrogens with zero attached hydrogens (tertiary/aromatic N) is 1. The van der Waals surface area contributed by atoms with Crippen molar-refractivity contribution in [2.75, 3.05) is 0 Å². The average Bonchev–Trinajstić information content (AvgIpc) is 2.90. The number of carbonyl (C=O) groups is 3. The molecule has 9 heteroatoms. The minimum absolute atomic E-state index is 0.0540. The van der Waals surface area contributed by atoms with Crippen LogP contribution >= 0.6 is 23.1 Å². The summed E-state index contributed by atoms with van der Waals surface area (Å²) in [5.74, 6) is -1.98. The number of carboxylic acids is 1. The van der Waals surface area contributed by atoms with Gasteiger partial charge in [-0.1, -0.05) is 11.8 Å². The number of ether oxygens (including phenoxy) is 2. The number of carbonyl (C=O) groups excluding carboxylic acids is 2. The first-order valence-electron chi connectivity index (χ1n) is 6.95. The van der Waals surface area contributed by atoms with Gasteiger partial charge in [-0.15, -0.1) is 11.3 Å². The van der Waals surface area contributed by atoms with Crippen LogP contribution in [-0.2, 0) is 20.8 Å². The molecule has 0 bridgehead atoms. The van der Waals surface area contributed by atoms with E-state index in [4.69, 9.17) is 14.6 Å². The molecule has 2 aromatic rings. The number of hydrogen-bond donors (Lipinski definition) is 1. The molecule has 25 heavy (non-hydrogen) atoms. The maximum absolute atomic E-state index is 11.3. The molecular weight excluding hydrogens is 366 g/mol. The quantitative estimate of drug-likeness (QED) is 0.463. The lowest BCUT2D eigenvalue weighted by Crippen LogP contribution is -2.07. The second-order valence-corrected chi connectivity index (χ2v) is 6.83. The van der Waals surface area contributed by atoms with E-state index < -0.39 is 17.9 Å². The van der Waals surface area contributed by atoms with Crippen molar-refractivity contribution in [1.29, 1.82) is 0 Å². The van der Waals surface area contributed by atoms with Gasteiger partial charge in [-0.05, 0) is 18.2 Å². The van der Waals surface area contributed by atoms with Gasteiger partial charge in [-0.25, -0.2) is 4.98 Å². The molecule has 0 atom stereocenters. The maximum atomic E-state index is 11.3. The molecule has 0 aliphatic heterocycles. The lowest BCUT2D eigenvalue weighted by molar-refractivity contribution is -0.136. The van der Waals surface area contributed by atoms with Crippen LogP contribution in [0.25, 0.3) is 11.3 Å². The van der Waals surface area contributed by atoms with E-state index in [1.165, 1.54) is 37.3 Å². The van der Waals surface area contributed by atoms with Gasteiger partial charge in [0, 0.05) is 30.5 Å². The van der Waals surface area contributed by atoms with E-state index in [1.807, 2.05) is 0 Å². The Morgan fingerprint density at radius 3 is 2.40 bits per heavy atom. The number of hydrogen-bond acceptors (Lipinski definition) is 8. The Hall–Kier alpha value is -2.39. The second-order valence-electron chi connectivity index (χ2n) is 4.82. The van der Waals surface area contributed by atoms with Gasteiger partial charge in [-0.2, -0.15) is 0 Å². The zero-order valence-electron chi connectivity index (χ0n) is 13.4. The van der Waals surface area contributed by atoms with E-state index in [1.54, 1.807) is 6.07 Å². The first-order chi connectivity index (χ1) is 11.8. The molecule has 2 rings (SSSR count). The molecule has 0 saturated carbocycles. The molecule has 1 heterocycles. The van der Waals surface area contributed by atoms with Crippen molar-refractivity contribution in [2.24, 2.45) is 0 Å². The predicted molar refractivity (Wildman–Crippen MR) is 92.7 cm³/mol. The minimum atomic E-state index is -0.984. The van der Waals surface area contributed by atoms with Crippen LogP contribution in [0.4, 0.5) is 0 Å². The van der Waals surface area contributed by atoms with Gasteiger partial charge >= 0.3 is 17.9 Å². The fraction of sp³-hybridized carbons (Fsp3) is 0.188. The fourth-order valence-electron chi connectivity index (χ4n) is 2.00. The van der Waals surface area contributed by atoms with E-state index in [0.29, 0.717) is 20.5 Å². The van der Waals surface area contributed by atoms with Gasteiger partial charge in [0.05, 0.1) is 12.1 Å². The molecule has 0 amide bonds. The highest BCUT2D eigenvalue weighted by atomic mass is 32.2. The van der Waals surface area contributed by atoms with Crippen LogP contribution < -0.4 is 9.47 Å². The normalized spacial score (nSPS) is 10.4. The summed E-state index contributed by atoms with van der Waals surface area (Å²) in [6, 6.07) is 4.57. The van der Waals surface area contributed by atoms with Gasteiger partial charge in [-0.3, -0.25) is 14.4 Å². The fourth-order valence-corrected chi connectivity index (χ4v) is 3.50. The van der Waals surface area contributed by atoms with Gasteiger partial charge < -0.3 is 14.6 Å².